The molecule has 0 rings (SSSR count). The average Bonchev–Trinajstić information content (AvgIpc) is 2.34. The second-order valence-corrected chi connectivity index (χ2v) is 5.82. The summed E-state index contributed by atoms with van der Waals surface area (Å²) in [6.07, 6.45) is 2.87. The first-order valence-electron chi connectivity index (χ1n) is 7.56. The highest BCUT2D eigenvalue weighted by atomic mass is 16.5. The van der Waals surface area contributed by atoms with Gasteiger partial charge in [-0.05, 0) is 60.5 Å². The van der Waals surface area contributed by atoms with Crippen LogP contribution in [0.3, 0.4) is 0 Å². The molecule has 2 N–H and O–H groups in total. The van der Waals surface area contributed by atoms with E-state index in [1.54, 1.807) is 13.8 Å². The van der Waals surface area contributed by atoms with E-state index in [4.69, 9.17) is 15.2 Å². The highest BCUT2D eigenvalue weighted by Gasteiger charge is 2.28. The van der Waals surface area contributed by atoms with Gasteiger partial charge in [0, 0.05) is 6.54 Å². The lowest BCUT2D eigenvalue weighted by Crippen LogP contribution is -2.46. The molecule has 0 aromatic rings. The Morgan fingerprint density at radius 1 is 1.30 bits per heavy atom. The molecule has 0 amide bonds. The third-order valence-corrected chi connectivity index (χ3v) is 3.15. The zero-order valence-corrected chi connectivity index (χ0v) is 13.8. The minimum absolute atomic E-state index is 0.283. The third kappa shape index (κ3) is 9.28. The van der Waals surface area contributed by atoms with Crippen molar-refractivity contribution in [1.29, 1.82) is 0 Å². The Morgan fingerprint density at radius 2 is 1.95 bits per heavy atom. The van der Waals surface area contributed by atoms with Crippen LogP contribution in [0.15, 0.2) is 0 Å². The monoisotopic (exact) mass is 288 g/mol. The van der Waals surface area contributed by atoms with Crippen LogP contribution < -0.4 is 5.73 Å². The summed E-state index contributed by atoms with van der Waals surface area (Å²) >= 11 is 0. The van der Waals surface area contributed by atoms with Gasteiger partial charge >= 0.3 is 5.97 Å². The van der Waals surface area contributed by atoms with Crippen LogP contribution in [0.5, 0.6) is 0 Å². The summed E-state index contributed by atoms with van der Waals surface area (Å²) in [4.78, 5) is 13.9. The van der Waals surface area contributed by atoms with Crippen molar-refractivity contribution in [3.05, 3.63) is 0 Å². The summed E-state index contributed by atoms with van der Waals surface area (Å²) in [7, 11) is 2.08. The van der Waals surface area contributed by atoms with E-state index < -0.39 is 5.54 Å². The molecule has 0 spiro atoms. The Hall–Kier alpha value is -0.650. The largest absolute Gasteiger partial charge is 0.465 e. The topological polar surface area (TPSA) is 64.8 Å². The van der Waals surface area contributed by atoms with Crippen LogP contribution in [0.1, 0.15) is 47.0 Å². The number of esters is 1. The molecule has 0 aliphatic carbocycles. The first-order valence-corrected chi connectivity index (χ1v) is 7.56. The Balaban J connectivity index is 3.71. The number of hydrogen-bond donors (Lipinski definition) is 1. The Kier molecular flexibility index (Phi) is 9.80. The van der Waals surface area contributed by atoms with Crippen LogP contribution in [0.25, 0.3) is 0 Å². The van der Waals surface area contributed by atoms with Gasteiger partial charge in [-0.15, -0.1) is 0 Å². The highest BCUT2D eigenvalue weighted by Crippen LogP contribution is 2.13. The Labute approximate surface area is 123 Å². The van der Waals surface area contributed by atoms with E-state index >= 15 is 0 Å². The van der Waals surface area contributed by atoms with Crippen LogP contribution in [-0.2, 0) is 14.3 Å². The van der Waals surface area contributed by atoms with Gasteiger partial charge in [-0.1, -0.05) is 0 Å². The molecule has 0 aliphatic heterocycles. The molecule has 0 fully saturated rings. The van der Waals surface area contributed by atoms with Crippen LogP contribution in [0.4, 0.5) is 0 Å². The molecular formula is C15H32N2O3. The maximum Gasteiger partial charge on any atom is 0.325 e. The minimum Gasteiger partial charge on any atom is -0.465 e. The van der Waals surface area contributed by atoms with Crippen LogP contribution in [-0.4, -0.2) is 55.9 Å². The van der Waals surface area contributed by atoms with E-state index in [9.17, 15) is 4.79 Å². The zero-order chi connectivity index (χ0) is 15.6. The van der Waals surface area contributed by atoms with Gasteiger partial charge in [-0.2, -0.15) is 0 Å². The number of carbonyl (C=O) groups excluding carboxylic acids is 1. The number of nitrogens with zero attached hydrogens (tertiary/aromatic N) is 1. The van der Waals surface area contributed by atoms with Gasteiger partial charge in [-0.3, -0.25) is 4.79 Å². The number of likely N-dealkylation sites (N-methyl/N-ethyl adjacent to an activating group) is 1. The maximum atomic E-state index is 11.6. The molecule has 120 valence electrons. The first-order chi connectivity index (χ1) is 9.29. The van der Waals surface area contributed by atoms with Crippen molar-refractivity contribution in [2.75, 3.05) is 33.4 Å². The summed E-state index contributed by atoms with van der Waals surface area (Å²) in [5, 5.41) is 0. The normalized spacial score (nSPS) is 14.6. The van der Waals surface area contributed by atoms with Crippen molar-refractivity contribution in [2.45, 2.75) is 58.6 Å². The molecule has 0 saturated heterocycles. The third-order valence-electron chi connectivity index (χ3n) is 3.15. The van der Waals surface area contributed by atoms with Gasteiger partial charge in [0.1, 0.15) is 5.54 Å². The van der Waals surface area contributed by atoms with Crippen molar-refractivity contribution in [1.82, 2.24) is 4.90 Å². The molecule has 0 aliphatic rings. The molecular weight excluding hydrogens is 256 g/mol. The van der Waals surface area contributed by atoms with Crippen molar-refractivity contribution in [3.8, 4) is 0 Å². The van der Waals surface area contributed by atoms with E-state index in [1.807, 2.05) is 13.8 Å². The van der Waals surface area contributed by atoms with Gasteiger partial charge in [0.25, 0.3) is 0 Å². The van der Waals surface area contributed by atoms with Gasteiger partial charge < -0.3 is 20.1 Å². The molecule has 0 heterocycles. The molecule has 20 heavy (non-hydrogen) atoms. The quantitative estimate of drug-likeness (QED) is 0.464. The summed E-state index contributed by atoms with van der Waals surface area (Å²) in [6, 6.07) is 0. The Bertz CT molecular complexity index is 268. The molecule has 5 nitrogen and oxygen atoms in total. The number of nitrogens with two attached hydrogens (primary N) is 1. The van der Waals surface area contributed by atoms with Crippen LogP contribution >= 0.6 is 0 Å². The predicted molar refractivity (Wildman–Crippen MR) is 81.7 cm³/mol. The van der Waals surface area contributed by atoms with E-state index in [0.29, 0.717) is 13.0 Å². The standard InChI is InChI=1S/C15H32N2O3/c1-6-19-14(18)15(4,16)9-7-8-10-17(5)11-12-20-13(2)3/h13H,6-12,16H2,1-5H3. The fourth-order valence-electron chi connectivity index (χ4n) is 1.83. The second-order valence-electron chi connectivity index (χ2n) is 5.82. The van der Waals surface area contributed by atoms with E-state index in [0.717, 1.165) is 32.5 Å². The average molecular weight is 288 g/mol. The van der Waals surface area contributed by atoms with Crippen molar-refractivity contribution >= 4 is 5.97 Å². The lowest BCUT2D eigenvalue weighted by atomic mass is 9.96. The van der Waals surface area contributed by atoms with E-state index in [2.05, 4.69) is 11.9 Å². The van der Waals surface area contributed by atoms with Gasteiger partial charge in [-0.25, -0.2) is 0 Å². The van der Waals surface area contributed by atoms with Gasteiger partial charge in [0.15, 0.2) is 0 Å². The smallest absolute Gasteiger partial charge is 0.325 e. The van der Waals surface area contributed by atoms with Crippen molar-refractivity contribution < 1.29 is 14.3 Å². The molecule has 0 aromatic carbocycles. The van der Waals surface area contributed by atoms with Crippen molar-refractivity contribution in [3.63, 3.8) is 0 Å². The maximum absolute atomic E-state index is 11.6. The molecule has 0 aromatic heterocycles. The first kappa shape index (κ1) is 19.4. The molecule has 0 bridgehead atoms. The molecule has 5 heteroatoms. The van der Waals surface area contributed by atoms with Gasteiger partial charge in [0.2, 0.25) is 0 Å². The summed E-state index contributed by atoms with van der Waals surface area (Å²) in [5.41, 5.74) is 5.10. The number of carbonyl (C=O) groups is 1. The molecule has 0 radical (unpaired) electrons. The fraction of sp³-hybridized carbons (Fsp3) is 0.933. The Morgan fingerprint density at radius 3 is 2.50 bits per heavy atom. The molecule has 0 saturated carbocycles. The zero-order valence-electron chi connectivity index (χ0n) is 13.8. The van der Waals surface area contributed by atoms with E-state index in [1.165, 1.54) is 0 Å². The minimum atomic E-state index is -0.866. The molecule has 1 atom stereocenters. The fourth-order valence-corrected chi connectivity index (χ4v) is 1.83. The lowest BCUT2D eigenvalue weighted by molar-refractivity contribution is -0.149. The van der Waals surface area contributed by atoms with Crippen molar-refractivity contribution in [2.24, 2.45) is 5.73 Å². The summed E-state index contributed by atoms with van der Waals surface area (Å²) in [6.45, 7) is 10.7. The number of rotatable bonds is 11. The van der Waals surface area contributed by atoms with E-state index in [-0.39, 0.29) is 12.1 Å². The predicted octanol–water partition coefficient (Wildman–Crippen LogP) is 1.79. The number of hydrogen-bond acceptors (Lipinski definition) is 5. The summed E-state index contributed by atoms with van der Waals surface area (Å²) < 4.78 is 10.5. The van der Waals surface area contributed by atoms with Crippen LogP contribution in [0, 0.1) is 0 Å². The van der Waals surface area contributed by atoms with Gasteiger partial charge in [0.05, 0.1) is 19.3 Å². The number of ether oxygens (including phenoxy) is 2. The number of unbranched alkanes of at least 4 members (excludes halogenated alkanes) is 1. The summed E-state index contributed by atoms with van der Waals surface area (Å²) in [5.74, 6) is -0.307. The molecule has 1 unspecified atom stereocenters. The SMILES string of the molecule is CCOC(=O)C(C)(N)CCCCN(C)CCOC(C)C. The highest BCUT2D eigenvalue weighted by molar-refractivity contribution is 5.79. The lowest BCUT2D eigenvalue weighted by Gasteiger charge is -2.23. The van der Waals surface area contributed by atoms with Crippen LogP contribution in [0.2, 0.25) is 0 Å². The second kappa shape index (κ2) is 10.1.